The normalized spacial score (nSPS) is 33.0. The highest BCUT2D eigenvalue weighted by molar-refractivity contribution is 5.04. The Kier molecular flexibility index (Phi) is 1.39. The molecular formula is C10H18O. The molecule has 0 heterocycles. The van der Waals surface area contributed by atoms with Gasteiger partial charge in [0.2, 0.25) is 0 Å². The molecule has 0 aromatic heterocycles. The highest BCUT2D eigenvalue weighted by Crippen LogP contribution is 2.57. The largest absolute Gasteiger partial charge is 0.390 e. The first-order valence-corrected chi connectivity index (χ1v) is 4.76. The molecular weight excluding hydrogens is 136 g/mol. The first-order chi connectivity index (χ1) is 5.04. The van der Waals surface area contributed by atoms with E-state index in [-0.39, 0.29) is 11.0 Å². The zero-order valence-corrected chi connectivity index (χ0v) is 7.56. The standard InChI is InChI=1S/C10H18O/c1-9(5-6-9)10(2,11)7-8-3-4-8/h8,11H,3-7H2,1-2H3. The van der Waals surface area contributed by atoms with E-state index in [1.54, 1.807) is 0 Å². The molecule has 0 bridgehead atoms. The van der Waals surface area contributed by atoms with E-state index in [4.69, 9.17) is 0 Å². The fourth-order valence-electron chi connectivity index (χ4n) is 1.86. The van der Waals surface area contributed by atoms with Crippen LogP contribution >= 0.6 is 0 Å². The minimum Gasteiger partial charge on any atom is -0.390 e. The van der Waals surface area contributed by atoms with Gasteiger partial charge < -0.3 is 5.11 Å². The van der Waals surface area contributed by atoms with Gasteiger partial charge in [0.15, 0.2) is 0 Å². The van der Waals surface area contributed by atoms with Gasteiger partial charge in [-0.25, -0.2) is 0 Å². The molecule has 2 aliphatic rings. The van der Waals surface area contributed by atoms with Gasteiger partial charge in [-0.3, -0.25) is 0 Å². The van der Waals surface area contributed by atoms with Gasteiger partial charge in [0.25, 0.3) is 0 Å². The van der Waals surface area contributed by atoms with Gasteiger partial charge >= 0.3 is 0 Å². The van der Waals surface area contributed by atoms with Crippen molar-refractivity contribution in [3.05, 3.63) is 0 Å². The Morgan fingerprint density at radius 2 is 2.00 bits per heavy atom. The van der Waals surface area contributed by atoms with Crippen molar-refractivity contribution in [1.82, 2.24) is 0 Å². The van der Waals surface area contributed by atoms with Crippen molar-refractivity contribution < 1.29 is 5.11 Å². The topological polar surface area (TPSA) is 20.2 Å². The number of rotatable bonds is 3. The third-order valence-electron chi connectivity index (χ3n) is 3.68. The van der Waals surface area contributed by atoms with Crippen LogP contribution in [0.3, 0.4) is 0 Å². The molecule has 0 aromatic rings. The van der Waals surface area contributed by atoms with Crippen LogP contribution in [0.4, 0.5) is 0 Å². The second kappa shape index (κ2) is 2.01. The van der Waals surface area contributed by atoms with E-state index in [2.05, 4.69) is 6.92 Å². The Morgan fingerprint density at radius 3 is 2.36 bits per heavy atom. The van der Waals surface area contributed by atoms with E-state index in [0.717, 1.165) is 12.3 Å². The zero-order chi connectivity index (χ0) is 8.11. The summed E-state index contributed by atoms with van der Waals surface area (Å²) >= 11 is 0. The van der Waals surface area contributed by atoms with E-state index < -0.39 is 0 Å². The van der Waals surface area contributed by atoms with Crippen LogP contribution in [-0.2, 0) is 0 Å². The fraction of sp³-hybridized carbons (Fsp3) is 1.00. The molecule has 2 aliphatic carbocycles. The predicted octanol–water partition coefficient (Wildman–Crippen LogP) is 2.34. The summed E-state index contributed by atoms with van der Waals surface area (Å²) in [6.07, 6.45) is 6.21. The summed E-state index contributed by atoms with van der Waals surface area (Å²) in [6.45, 7) is 4.24. The Morgan fingerprint density at radius 1 is 1.45 bits per heavy atom. The summed E-state index contributed by atoms with van der Waals surface area (Å²) in [5.41, 5.74) is -0.0935. The summed E-state index contributed by atoms with van der Waals surface area (Å²) in [5, 5.41) is 10.1. The first kappa shape index (κ1) is 7.60. The molecule has 64 valence electrons. The van der Waals surface area contributed by atoms with Crippen LogP contribution in [0.5, 0.6) is 0 Å². The van der Waals surface area contributed by atoms with Crippen LogP contribution in [0.15, 0.2) is 0 Å². The number of aliphatic hydroxyl groups is 1. The zero-order valence-electron chi connectivity index (χ0n) is 7.56. The van der Waals surface area contributed by atoms with Crippen LogP contribution in [0, 0.1) is 11.3 Å². The monoisotopic (exact) mass is 154 g/mol. The molecule has 0 aliphatic heterocycles. The Labute approximate surface area is 68.8 Å². The average molecular weight is 154 g/mol. The van der Waals surface area contributed by atoms with E-state index >= 15 is 0 Å². The smallest absolute Gasteiger partial charge is 0.0675 e. The van der Waals surface area contributed by atoms with Crippen LogP contribution in [0.1, 0.15) is 46.0 Å². The van der Waals surface area contributed by atoms with Crippen LogP contribution < -0.4 is 0 Å². The maximum absolute atomic E-state index is 10.1. The summed E-state index contributed by atoms with van der Waals surface area (Å²) < 4.78 is 0. The molecule has 0 spiro atoms. The molecule has 1 nitrogen and oxygen atoms in total. The maximum Gasteiger partial charge on any atom is 0.0675 e. The summed E-state index contributed by atoms with van der Waals surface area (Å²) in [5.74, 6) is 0.849. The molecule has 2 fully saturated rings. The average Bonchev–Trinajstić information content (AvgIpc) is 2.66. The Bertz CT molecular complexity index is 164. The lowest BCUT2D eigenvalue weighted by molar-refractivity contribution is -0.0199. The van der Waals surface area contributed by atoms with Gasteiger partial charge in [0, 0.05) is 0 Å². The van der Waals surface area contributed by atoms with E-state index in [1.165, 1.54) is 25.7 Å². The Hall–Kier alpha value is -0.0400. The first-order valence-electron chi connectivity index (χ1n) is 4.76. The van der Waals surface area contributed by atoms with Gasteiger partial charge in [-0.1, -0.05) is 19.8 Å². The lowest BCUT2D eigenvalue weighted by Crippen LogP contribution is -2.34. The minimum atomic E-state index is -0.367. The highest BCUT2D eigenvalue weighted by Gasteiger charge is 2.53. The highest BCUT2D eigenvalue weighted by atomic mass is 16.3. The van der Waals surface area contributed by atoms with Crippen molar-refractivity contribution in [2.45, 2.75) is 51.6 Å². The Balaban J connectivity index is 1.95. The molecule has 2 saturated carbocycles. The third-order valence-corrected chi connectivity index (χ3v) is 3.68. The lowest BCUT2D eigenvalue weighted by Gasteiger charge is -2.30. The van der Waals surface area contributed by atoms with E-state index in [1.807, 2.05) is 6.92 Å². The van der Waals surface area contributed by atoms with Gasteiger partial charge in [-0.2, -0.15) is 0 Å². The molecule has 1 unspecified atom stereocenters. The van der Waals surface area contributed by atoms with Gasteiger partial charge in [0.1, 0.15) is 0 Å². The molecule has 0 amide bonds. The van der Waals surface area contributed by atoms with Crippen molar-refractivity contribution in [2.24, 2.45) is 11.3 Å². The van der Waals surface area contributed by atoms with Crippen LogP contribution in [0.25, 0.3) is 0 Å². The molecule has 0 saturated heterocycles. The van der Waals surface area contributed by atoms with Crippen molar-refractivity contribution in [1.29, 1.82) is 0 Å². The SMILES string of the molecule is CC(O)(CC1CC1)C1(C)CC1. The van der Waals surface area contributed by atoms with Crippen molar-refractivity contribution in [3.8, 4) is 0 Å². The van der Waals surface area contributed by atoms with Crippen molar-refractivity contribution in [2.75, 3.05) is 0 Å². The lowest BCUT2D eigenvalue weighted by atomic mass is 9.83. The van der Waals surface area contributed by atoms with Crippen molar-refractivity contribution in [3.63, 3.8) is 0 Å². The number of hydrogen-bond acceptors (Lipinski definition) is 1. The second-order valence-electron chi connectivity index (χ2n) is 4.98. The maximum atomic E-state index is 10.1. The van der Waals surface area contributed by atoms with Crippen molar-refractivity contribution >= 4 is 0 Å². The molecule has 1 N–H and O–H groups in total. The molecule has 1 atom stereocenters. The molecule has 0 aromatic carbocycles. The van der Waals surface area contributed by atoms with E-state index in [0.29, 0.717) is 0 Å². The fourth-order valence-corrected chi connectivity index (χ4v) is 1.86. The van der Waals surface area contributed by atoms with E-state index in [9.17, 15) is 5.11 Å². The molecule has 2 rings (SSSR count). The summed E-state index contributed by atoms with van der Waals surface area (Å²) in [4.78, 5) is 0. The molecule has 11 heavy (non-hydrogen) atoms. The van der Waals surface area contributed by atoms with Crippen LogP contribution in [-0.4, -0.2) is 10.7 Å². The molecule has 1 heteroatoms. The quantitative estimate of drug-likeness (QED) is 0.661. The van der Waals surface area contributed by atoms with Gasteiger partial charge in [-0.15, -0.1) is 0 Å². The van der Waals surface area contributed by atoms with Crippen LogP contribution in [0.2, 0.25) is 0 Å². The predicted molar refractivity (Wildman–Crippen MR) is 45.3 cm³/mol. The van der Waals surface area contributed by atoms with Gasteiger partial charge in [0.05, 0.1) is 5.60 Å². The number of hydrogen-bond donors (Lipinski definition) is 1. The molecule has 0 radical (unpaired) electrons. The minimum absolute atomic E-state index is 0.273. The summed E-state index contributed by atoms with van der Waals surface area (Å²) in [7, 11) is 0. The third kappa shape index (κ3) is 1.31. The second-order valence-corrected chi connectivity index (χ2v) is 4.98. The summed E-state index contributed by atoms with van der Waals surface area (Å²) in [6, 6.07) is 0. The van der Waals surface area contributed by atoms with Gasteiger partial charge in [-0.05, 0) is 37.5 Å².